The van der Waals surface area contributed by atoms with Gasteiger partial charge in [0.15, 0.2) is 5.78 Å². The van der Waals surface area contributed by atoms with Crippen LogP contribution in [-0.4, -0.2) is 5.78 Å². The zero-order chi connectivity index (χ0) is 9.68. The molecule has 0 saturated heterocycles. The lowest BCUT2D eigenvalue weighted by Gasteiger charge is -1.88. The molecule has 0 bridgehead atoms. The highest BCUT2D eigenvalue weighted by Gasteiger charge is 1.95. The maximum Gasteiger partial charge on any atom is 0.155 e. The Morgan fingerprint density at radius 2 is 2.31 bits per heavy atom. The van der Waals surface area contributed by atoms with Gasteiger partial charge in [0.2, 0.25) is 0 Å². The van der Waals surface area contributed by atoms with Gasteiger partial charge in [0.05, 0.1) is 0 Å². The van der Waals surface area contributed by atoms with Gasteiger partial charge >= 0.3 is 0 Å². The molecule has 0 unspecified atom stereocenters. The fourth-order valence-electron chi connectivity index (χ4n) is 1.05. The number of hydrogen-bond donors (Lipinski definition) is 0. The van der Waals surface area contributed by atoms with Crippen LogP contribution < -0.4 is 0 Å². The molecule has 1 rings (SSSR count). The lowest BCUT2D eigenvalue weighted by Crippen LogP contribution is -1.89. The van der Waals surface area contributed by atoms with Gasteiger partial charge in [-0.3, -0.25) is 4.79 Å². The summed E-state index contributed by atoms with van der Waals surface area (Å²) in [6.45, 7) is 3.87. The first-order chi connectivity index (χ1) is 6.22. The summed E-state index contributed by atoms with van der Waals surface area (Å²) in [5.74, 6) is 1.75. The van der Waals surface area contributed by atoms with Crippen LogP contribution in [0.4, 0.5) is 0 Å². The van der Waals surface area contributed by atoms with Gasteiger partial charge in [-0.2, -0.15) is 0 Å². The molecule has 0 aliphatic rings. The number of rotatable bonds is 4. The maximum absolute atomic E-state index is 11.1. The van der Waals surface area contributed by atoms with E-state index in [9.17, 15) is 4.79 Å². The van der Waals surface area contributed by atoms with Gasteiger partial charge in [0.1, 0.15) is 11.5 Å². The van der Waals surface area contributed by atoms with Gasteiger partial charge in [0.25, 0.3) is 0 Å². The van der Waals surface area contributed by atoms with Crippen LogP contribution in [0.2, 0.25) is 0 Å². The molecule has 2 heteroatoms. The van der Waals surface area contributed by atoms with Gasteiger partial charge in [-0.25, -0.2) is 0 Å². The highest BCUT2D eigenvalue weighted by atomic mass is 16.3. The van der Waals surface area contributed by atoms with Gasteiger partial charge in [-0.15, -0.1) is 0 Å². The monoisotopic (exact) mass is 178 g/mol. The minimum atomic E-state index is 0.150. The number of furan rings is 1. The van der Waals surface area contributed by atoms with E-state index in [2.05, 4.69) is 0 Å². The second-order valence-corrected chi connectivity index (χ2v) is 3.00. The van der Waals surface area contributed by atoms with Crippen molar-refractivity contribution in [2.24, 2.45) is 0 Å². The summed E-state index contributed by atoms with van der Waals surface area (Å²) in [6, 6.07) is 3.73. The molecule has 1 heterocycles. The highest BCUT2D eigenvalue weighted by molar-refractivity contribution is 5.93. The third-order valence-corrected chi connectivity index (χ3v) is 1.69. The first kappa shape index (κ1) is 9.78. The zero-order valence-corrected chi connectivity index (χ0v) is 8.04. The summed E-state index contributed by atoms with van der Waals surface area (Å²) in [5, 5.41) is 0. The van der Waals surface area contributed by atoms with Crippen LogP contribution in [0.5, 0.6) is 0 Å². The van der Waals surface area contributed by atoms with Crippen molar-refractivity contribution < 1.29 is 9.21 Å². The predicted molar refractivity (Wildman–Crippen MR) is 52.4 cm³/mol. The number of carbonyl (C=O) groups is 1. The van der Waals surface area contributed by atoms with E-state index in [1.807, 2.05) is 26.0 Å². The number of aryl methyl sites for hydroxylation is 1. The maximum atomic E-state index is 11.1. The van der Waals surface area contributed by atoms with Crippen LogP contribution in [0.3, 0.4) is 0 Å². The van der Waals surface area contributed by atoms with Crippen LogP contribution in [0.1, 0.15) is 31.3 Å². The molecule has 0 fully saturated rings. The van der Waals surface area contributed by atoms with Crippen molar-refractivity contribution in [3.8, 4) is 0 Å². The quantitative estimate of drug-likeness (QED) is 0.663. The predicted octanol–water partition coefficient (Wildman–Crippen LogP) is 2.97. The molecule has 0 amide bonds. The normalized spacial score (nSPS) is 10.9. The molecular weight excluding hydrogens is 164 g/mol. The van der Waals surface area contributed by atoms with Gasteiger partial charge in [-0.1, -0.05) is 6.92 Å². The fourth-order valence-corrected chi connectivity index (χ4v) is 1.05. The van der Waals surface area contributed by atoms with E-state index >= 15 is 0 Å². The minimum absolute atomic E-state index is 0.150. The Morgan fingerprint density at radius 3 is 2.85 bits per heavy atom. The first-order valence-electron chi connectivity index (χ1n) is 4.49. The number of hydrogen-bond acceptors (Lipinski definition) is 2. The van der Waals surface area contributed by atoms with E-state index in [-0.39, 0.29) is 5.78 Å². The number of allylic oxidation sites excluding steroid dienone is 1. The molecule has 70 valence electrons. The van der Waals surface area contributed by atoms with Crippen LogP contribution >= 0.6 is 0 Å². The number of carbonyl (C=O) groups excluding carboxylic acids is 1. The molecule has 0 radical (unpaired) electrons. The van der Waals surface area contributed by atoms with E-state index in [1.54, 1.807) is 12.2 Å². The standard InChI is InChI=1S/C11H14O2/c1-3-4-10(12)6-8-11-7-5-9(2)13-11/h5-8H,3-4H2,1-2H3. The average Bonchev–Trinajstić information content (AvgIpc) is 2.49. The third-order valence-electron chi connectivity index (χ3n) is 1.69. The lowest BCUT2D eigenvalue weighted by molar-refractivity contribution is -0.114. The molecule has 2 nitrogen and oxygen atoms in total. The molecule has 1 aromatic heterocycles. The Labute approximate surface area is 78.3 Å². The van der Waals surface area contributed by atoms with Crippen LogP contribution in [0, 0.1) is 6.92 Å². The fraction of sp³-hybridized carbons (Fsp3) is 0.364. The van der Waals surface area contributed by atoms with Crippen molar-refractivity contribution in [1.29, 1.82) is 0 Å². The van der Waals surface area contributed by atoms with E-state index in [0.717, 1.165) is 17.9 Å². The smallest absolute Gasteiger partial charge is 0.155 e. The summed E-state index contributed by atoms with van der Waals surface area (Å²) >= 11 is 0. The SMILES string of the molecule is CCCC(=O)C=Cc1ccc(C)o1. The van der Waals surface area contributed by atoms with Crippen molar-refractivity contribution in [1.82, 2.24) is 0 Å². The van der Waals surface area contributed by atoms with Crippen LogP contribution in [-0.2, 0) is 4.79 Å². The Morgan fingerprint density at radius 1 is 1.54 bits per heavy atom. The lowest BCUT2D eigenvalue weighted by atomic mass is 10.2. The average molecular weight is 178 g/mol. The minimum Gasteiger partial charge on any atom is -0.462 e. The Kier molecular flexibility index (Phi) is 3.50. The van der Waals surface area contributed by atoms with Crippen molar-refractivity contribution in [3.63, 3.8) is 0 Å². The second kappa shape index (κ2) is 4.65. The molecule has 0 saturated carbocycles. The second-order valence-electron chi connectivity index (χ2n) is 3.00. The highest BCUT2D eigenvalue weighted by Crippen LogP contribution is 2.08. The van der Waals surface area contributed by atoms with E-state index in [4.69, 9.17) is 4.42 Å². The van der Waals surface area contributed by atoms with Gasteiger partial charge < -0.3 is 4.42 Å². The zero-order valence-electron chi connectivity index (χ0n) is 8.04. The summed E-state index contributed by atoms with van der Waals surface area (Å²) in [4.78, 5) is 11.1. The molecule has 0 spiro atoms. The Balaban J connectivity index is 2.53. The van der Waals surface area contributed by atoms with Crippen molar-refractivity contribution >= 4 is 11.9 Å². The molecule has 13 heavy (non-hydrogen) atoms. The summed E-state index contributed by atoms with van der Waals surface area (Å²) in [6.07, 6.45) is 4.78. The Bertz CT molecular complexity index is 308. The number of ketones is 1. The molecule has 1 aromatic rings. The molecule has 0 atom stereocenters. The topological polar surface area (TPSA) is 30.2 Å². The molecule has 0 N–H and O–H groups in total. The van der Waals surface area contributed by atoms with Crippen molar-refractivity contribution in [3.05, 3.63) is 29.7 Å². The first-order valence-corrected chi connectivity index (χ1v) is 4.49. The molecule has 0 aromatic carbocycles. The van der Waals surface area contributed by atoms with E-state index in [1.165, 1.54) is 0 Å². The van der Waals surface area contributed by atoms with Gasteiger partial charge in [-0.05, 0) is 37.6 Å². The Hall–Kier alpha value is -1.31. The van der Waals surface area contributed by atoms with Crippen LogP contribution in [0.25, 0.3) is 6.08 Å². The third kappa shape index (κ3) is 3.28. The molecular formula is C11H14O2. The van der Waals surface area contributed by atoms with Gasteiger partial charge in [0, 0.05) is 6.42 Å². The largest absolute Gasteiger partial charge is 0.462 e. The van der Waals surface area contributed by atoms with E-state index in [0.29, 0.717) is 6.42 Å². The summed E-state index contributed by atoms with van der Waals surface area (Å²) in [5.41, 5.74) is 0. The van der Waals surface area contributed by atoms with E-state index < -0.39 is 0 Å². The summed E-state index contributed by atoms with van der Waals surface area (Å²) in [7, 11) is 0. The summed E-state index contributed by atoms with van der Waals surface area (Å²) < 4.78 is 5.27. The van der Waals surface area contributed by atoms with Crippen LogP contribution in [0.15, 0.2) is 22.6 Å². The van der Waals surface area contributed by atoms with Crippen molar-refractivity contribution in [2.75, 3.05) is 0 Å². The molecule has 0 aliphatic heterocycles. The molecule has 0 aliphatic carbocycles. The van der Waals surface area contributed by atoms with Crippen molar-refractivity contribution in [2.45, 2.75) is 26.7 Å².